The molecule has 15 heteroatoms. The molecule has 2 atom stereocenters. The Kier molecular flexibility index (Phi) is 12.1. The number of piperazine rings is 1. The maximum atomic E-state index is 14.0. The third-order valence-electron chi connectivity index (χ3n) is 10.4. The number of rotatable bonds is 8. The molecule has 272 valence electrons. The third kappa shape index (κ3) is 8.68. The fraction of sp³-hybridized carbons (Fsp3) is 0.571. The van der Waals surface area contributed by atoms with Crippen molar-refractivity contribution in [2.45, 2.75) is 56.7 Å². The molecule has 1 unspecified atom stereocenters. The first-order valence-corrected chi connectivity index (χ1v) is 19.4. The van der Waals surface area contributed by atoms with Crippen LogP contribution in [0.15, 0.2) is 46.9 Å². The summed E-state index contributed by atoms with van der Waals surface area (Å²) >= 11 is 2.24. The van der Waals surface area contributed by atoms with Crippen LogP contribution in [0, 0.1) is 0 Å². The van der Waals surface area contributed by atoms with E-state index >= 15 is 0 Å². The van der Waals surface area contributed by atoms with E-state index in [4.69, 9.17) is 4.74 Å². The van der Waals surface area contributed by atoms with Gasteiger partial charge in [-0.05, 0) is 77.4 Å². The van der Waals surface area contributed by atoms with Crippen LogP contribution in [0.3, 0.4) is 0 Å². The number of phenolic OH excluding ortho intramolecular Hbond substituents is 1. The van der Waals surface area contributed by atoms with Gasteiger partial charge in [-0.1, -0.05) is 24.3 Å². The van der Waals surface area contributed by atoms with Gasteiger partial charge in [0.05, 0.1) is 4.47 Å². The Morgan fingerprint density at radius 2 is 1.64 bits per heavy atom. The van der Waals surface area contributed by atoms with Crippen LogP contribution in [0.2, 0.25) is 0 Å². The number of para-hydroxylation sites is 1. The lowest BCUT2D eigenvalue weighted by molar-refractivity contribution is -0.143. The van der Waals surface area contributed by atoms with Crippen molar-refractivity contribution in [3.05, 3.63) is 58.1 Å². The summed E-state index contributed by atoms with van der Waals surface area (Å²) in [5.74, 6) is -0.137. The lowest BCUT2D eigenvalue weighted by Gasteiger charge is -2.43. The van der Waals surface area contributed by atoms with Gasteiger partial charge < -0.3 is 34.4 Å². The van der Waals surface area contributed by atoms with Crippen LogP contribution in [0.4, 0.5) is 15.3 Å². The van der Waals surface area contributed by atoms with Gasteiger partial charge in [0.1, 0.15) is 17.3 Å². The number of halogens is 1. The summed E-state index contributed by atoms with van der Waals surface area (Å²) in [5.41, 5.74) is 2.72. The van der Waals surface area contributed by atoms with Crippen molar-refractivity contribution in [1.29, 1.82) is 0 Å². The Bertz CT molecular complexity index is 1510. The zero-order valence-electron chi connectivity index (χ0n) is 28.8. The maximum Gasteiger partial charge on any atom is 0.410 e. The molecule has 0 saturated carbocycles. The van der Waals surface area contributed by atoms with Crippen LogP contribution >= 0.6 is 15.9 Å². The van der Waals surface area contributed by atoms with Crippen LogP contribution < -0.4 is 5.32 Å². The molecule has 13 nitrogen and oxygen atoms in total. The SMILES string of the molecule is CN(C)[S+]([O-])N1CCC(N2CCN(C(=O)[C@@H](Cc3ccc(O)c(Br)c3)OC(=O)N3CCC(N4CCc5ccccc5NC4=O)CC3)CC2)CC1. The molecule has 4 heterocycles. The normalized spacial score (nSPS) is 21.4. The van der Waals surface area contributed by atoms with Crippen molar-refractivity contribution in [1.82, 2.24) is 28.2 Å². The van der Waals surface area contributed by atoms with Gasteiger partial charge in [-0.3, -0.25) is 9.69 Å². The summed E-state index contributed by atoms with van der Waals surface area (Å²) in [4.78, 5) is 48.4. The number of ether oxygens (including phenoxy) is 1. The van der Waals surface area contributed by atoms with Crippen LogP contribution in [-0.2, 0) is 33.9 Å². The molecule has 4 amide bonds. The summed E-state index contributed by atoms with van der Waals surface area (Å²) in [6.07, 6.45) is 2.47. The number of carbonyl (C=O) groups is 3. The zero-order valence-corrected chi connectivity index (χ0v) is 31.2. The second-order valence-electron chi connectivity index (χ2n) is 13.7. The highest BCUT2D eigenvalue weighted by atomic mass is 79.9. The van der Waals surface area contributed by atoms with Crippen LogP contribution in [-0.4, -0.2) is 147 Å². The largest absolute Gasteiger partial charge is 0.578 e. The molecule has 3 saturated heterocycles. The number of likely N-dealkylation sites (tertiary alicyclic amines) is 1. The molecule has 50 heavy (non-hydrogen) atoms. The van der Waals surface area contributed by atoms with Gasteiger partial charge in [0, 0.05) is 97.2 Å². The summed E-state index contributed by atoms with van der Waals surface area (Å²) < 4.78 is 22.7. The number of urea groups is 1. The van der Waals surface area contributed by atoms with Crippen molar-refractivity contribution in [2.24, 2.45) is 0 Å². The van der Waals surface area contributed by atoms with E-state index < -0.39 is 23.7 Å². The molecule has 0 bridgehead atoms. The first kappa shape index (κ1) is 36.7. The zero-order chi connectivity index (χ0) is 35.4. The van der Waals surface area contributed by atoms with E-state index in [0.29, 0.717) is 56.1 Å². The predicted molar refractivity (Wildman–Crippen MR) is 195 cm³/mol. The van der Waals surface area contributed by atoms with Gasteiger partial charge in [-0.25, -0.2) is 9.59 Å². The topological polar surface area (TPSA) is 135 Å². The molecular formula is C35H48BrN7O6S. The Hall–Kier alpha value is -3.08. The molecule has 4 aliphatic heterocycles. The molecule has 0 radical (unpaired) electrons. The number of amides is 4. The number of aromatic hydroxyl groups is 1. The minimum absolute atomic E-state index is 0.00111. The second-order valence-corrected chi connectivity index (χ2v) is 16.2. The van der Waals surface area contributed by atoms with Crippen molar-refractivity contribution in [3.8, 4) is 5.75 Å². The number of fused-ring (bicyclic) bond motifs is 1. The number of piperidine rings is 2. The number of hydrogen-bond donors (Lipinski definition) is 2. The van der Waals surface area contributed by atoms with Gasteiger partial charge in [-0.15, -0.1) is 8.61 Å². The second kappa shape index (κ2) is 16.5. The number of carbonyl (C=O) groups excluding carboxylic acids is 3. The number of benzene rings is 2. The van der Waals surface area contributed by atoms with E-state index in [0.717, 1.165) is 62.3 Å². The van der Waals surface area contributed by atoms with Crippen molar-refractivity contribution < 1.29 is 28.8 Å². The number of nitrogens with zero attached hydrogens (tertiary/aromatic N) is 6. The first-order chi connectivity index (χ1) is 24.1. The fourth-order valence-corrected chi connectivity index (χ4v) is 8.88. The van der Waals surface area contributed by atoms with E-state index in [9.17, 15) is 24.0 Å². The number of hydrogen-bond acceptors (Lipinski definition) is 9. The summed E-state index contributed by atoms with van der Waals surface area (Å²) in [5, 5.41) is 13.1. The minimum atomic E-state index is -1.12. The highest BCUT2D eigenvalue weighted by Gasteiger charge is 2.37. The first-order valence-electron chi connectivity index (χ1n) is 17.5. The number of anilines is 1. The van der Waals surface area contributed by atoms with Gasteiger partial charge in [0.25, 0.3) is 5.91 Å². The van der Waals surface area contributed by atoms with E-state index in [-0.39, 0.29) is 30.2 Å². The number of nitrogens with one attached hydrogen (secondary N) is 1. The average molecular weight is 775 g/mol. The Balaban J connectivity index is 1.04. The molecule has 3 fully saturated rings. The highest BCUT2D eigenvalue weighted by Crippen LogP contribution is 2.28. The van der Waals surface area contributed by atoms with Crippen molar-refractivity contribution >= 4 is 51.2 Å². The lowest BCUT2D eigenvalue weighted by atomic mass is 10.0. The van der Waals surface area contributed by atoms with Gasteiger partial charge >= 0.3 is 12.1 Å². The summed E-state index contributed by atoms with van der Waals surface area (Å²) in [7, 11) is 3.65. The average Bonchev–Trinajstić information content (AvgIpc) is 3.30. The molecule has 2 aromatic carbocycles. The Morgan fingerprint density at radius 3 is 2.32 bits per heavy atom. The van der Waals surface area contributed by atoms with Gasteiger partial charge in [-0.2, -0.15) is 0 Å². The van der Waals surface area contributed by atoms with E-state index in [1.165, 1.54) is 0 Å². The quantitative estimate of drug-likeness (QED) is 0.387. The van der Waals surface area contributed by atoms with Gasteiger partial charge in [0.2, 0.25) is 0 Å². The monoisotopic (exact) mass is 773 g/mol. The van der Waals surface area contributed by atoms with E-state index in [1.807, 2.05) is 47.6 Å². The van der Waals surface area contributed by atoms with Gasteiger partial charge in [0.15, 0.2) is 6.10 Å². The smallest absolute Gasteiger partial charge is 0.410 e. The Labute approximate surface area is 306 Å². The van der Waals surface area contributed by atoms with Crippen LogP contribution in [0.25, 0.3) is 0 Å². The maximum absolute atomic E-state index is 14.0. The Morgan fingerprint density at radius 1 is 0.960 bits per heavy atom. The summed E-state index contributed by atoms with van der Waals surface area (Å²) in [6, 6.07) is 13.1. The van der Waals surface area contributed by atoms with E-state index in [2.05, 4.69) is 26.1 Å². The fourth-order valence-electron chi connectivity index (χ4n) is 7.47. The molecule has 2 N–H and O–H groups in total. The highest BCUT2D eigenvalue weighted by molar-refractivity contribution is 9.10. The molecule has 0 spiro atoms. The van der Waals surface area contributed by atoms with Crippen LogP contribution in [0.1, 0.15) is 36.8 Å². The molecule has 4 aliphatic rings. The van der Waals surface area contributed by atoms with Crippen LogP contribution in [0.5, 0.6) is 5.75 Å². The lowest BCUT2D eigenvalue weighted by Crippen LogP contribution is -2.57. The van der Waals surface area contributed by atoms with E-state index in [1.54, 1.807) is 32.3 Å². The standard InChI is InChI=1S/C35H48BrN7O6S/c1-38(2)50(48)42-16-12-27(13-17-42)39-19-21-40(22-20-39)33(45)32(24-25-7-8-31(44)29(36)23-25)49-35(47)41-14-10-28(11-15-41)43-18-9-26-5-3-4-6-30(26)37-34(43)46/h3-8,23,27-28,32,44H,9-22,24H2,1-2H3,(H,37,46)/t32-,50?/m1/s1. The molecule has 2 aromatic rings. The molecule has 0 aromatic heterocycles. The third-order valence-corrected chi connectivity index (χ3v) is 12.4. The number of phenols is 1. The predicted octanol–water partition coefficient (Wildman–Crippen LogP) is 3.51. The molecular weight excluding hydrogens is 726 g/mol. The van der Waals surface area contributed by atoms with Crippen molar-refractivity contribution in [3.63, 3.8) is 0 Å². The van der Waals surface area contributed by atoms with Crippen molar-refractivity contribution in [2.75, 3.05) is 78.3 Å². The molecule has 0 aliphatic carbocycles. The summed E-state index contributed by atoms with van der Waals surface area (Å²) in [6.45, 7) is 5.50. The minimum Gasteiger partial charge on any atom is -0.578 e. The molecule has 6 rings (SSSR count).